The molecule has 0 aromatic heterocycles. The molecule has 0 unspecified atom stereocenters. The zero-order valence-corrected chi connectivity index (χ0v) is 11.6. The van der Waals surface area contributed by atoms with Gasteiger partial charge in [-0.25, -0.2) is 0 Å². The highest BCUT2D eigenvalue weighted by Gasteiger charge is 2.16. The molecule has 2 rings (SSSR count). The molecule has 0 spiro atoms. The van der Waals surface area contributed by atoms with Crippen molar-refractivity contribution in [3.05, 3.63) is 28.3 Å². The molecular weight excluding hydrogens is 280 g/mol. The van der Waals surface area contributed by atoms with Gasteiger partial charge in [0.05, 0.1) is 11.0 Å². The summed E-state index contributed by atoms with van der Waals surface area (Å²) in [5.74, 6) is 0. The number of nitro benzene ring substituents is 1. The maximum atomic E-state index is 10.8. The number of nitrogen functional groups attached to an aromatic ring is 1. The fourth-order valence-electron chi connectivity index (χ4n) is 1.97. The van der Waals surface area contributed by atoms with Crippen molar-refractivity contribution in [1.82, 2.24) is 5.32 Å². The van der Waals surface area contributed by atoms with Gasteiger partial charge in [0.25, 0.3) is 5.69 Å². The number of nitrogens with one attached hydrogen (secondary N) is 2. The molecule has 1 fully saturated rings. The minimum Gasteiger partial charge on any atom is -0.393 e. The first-order chi connectivity index (χ1) is 9.56. The second kappa shape index (κ2) is 6.49. The molecule has 0 aliphatic carbocycles. The summed E-state index contributed by atoms with van der Waals surface area (Å²) < 4.78 is 5.46. The normalized spacial score (nSPS) is 17.7. The fraction of sp³-hybridized carbons (Fsp3) is 0.417. The Morgan fingerprint density at radius 3 is 3.05 bits per heavy atom. The zero-order valence-electron chi connectivity index (χ0n) is 10.8. The van der Waals surface area contributed by atoms with Gasteiger partial charge in [0.1, 0.15) is 5.69 Å². The molecule has 1 saturated heterocycles. The number of rotatable bonds is 4. The van der Waals surface area contributed by atoms with E-state index in [2.05, 4.69) is 10.6 Å². The SMILES string of the molecule is Nc1ccc(NC(=S)NC[C@H]2CCCO2)cc1[N+](=O)[O-]. The molecule has 0 amide bonds. The van der Waals surface area contributed by atoms with Crippen LogP contribution in [0.4, 0.5) is 17.1 Å². The average Bonchev–Trinajstić information content (AvgIpc) is 2.91. The fourth-order valence-corrected chi connectivity index (χ4v) is 2.17. The molecule has 0 bridgehead atoms. The Kier molecular flexibility index (Phi) is 4.70. The molecule has 4 N–H and O–H groups in total. The molecule has 1 heterocycles. The number of ether oxygens (including phenoxy) is 1. The number of hydrogen-bond donors (Lipinski definition) is 3. The lowest BCUT2D eigenvalue weighted by atomic mass is 10.2. The summed E-state index contributed by atoms with van der Waals surface area (Å²) in [5, 5.41) is 17.1. The van der Waals surface area contributed by atoms with Crippen molar-refractivity contribution < 1.29 is 9.66 Å². The maximum absolute atomic E-state index is 10.8. The lowest BCUT2D eigenvalue weighted by molar-refractivity contribution is -0.383. The van der Waals surface area contributed by atoms with Gasteiger partial charge in [0.15, 0.2) is 5.11 Å². The summed E-state index contributed by atoms with van der Waals surface area (Å²) in [6.45, 7) is 1.42. The summed E-state index contributed by atoms with van der Waals surface area (Å²) in [6, 6.07) is 4.47. The van der Waals surface area contributed by atoms with E-state index in [1.807, 2.05) is 0 Å². The Morgan fingerprint density at radius 2 is 2.40 bits per heavy atom. The molecule has 1 aromatic rings. The van der Waals surface area contributed by atoms with E-state index in [-0.39, 0.29) is 17.5 Å². The molecule has 7 nitrogen and oxygen atoms in total. The van der Waals surface area contributed by atoms with Gasteiger partial charge in [0, 0.05) is 24.9 Å². The number of nitrogens with zero attached hydrogens (tertiary/aromatic N) is 1. The first-order valence-electron chi connectivity index (χ1n) is 6.26. The molecular formula is C12H16N4O3S. The van der Waals surface area contributed by atoms with Crippen LogP contribution in [0.5, 0.6) is 0 Å². The standard InChI is InChI=1S/C12H16N4O3S/c13-10-4-3-8(6-11(10)16(17)18)15-12(20)14-7-9-2-1-5-19-9/h3-4,6,9H,1-2,5,7,13H2,(H2,14,15,20)/t9-/m1/s1. The lowest BCUT2D eigenvalue weighted by Gasteiger charge is -2.14. The molecule has 1 aliphatic heterocycles. The predicted molar refractivity (Wildman–Crippen MR) is 80.7 cm³/mol. The van der Waals surface area contributed by atoms with Gasteiger partial charge in [-0.1, -0.05) is 0 Å². The lowest BCUT2D eigenvalue weighted by Crippen LogP contribution is -2.34. The Labute approximate surface area is 121 Å². The summed E-state index contributed by atoms with van der Waals surface area (Å²) in [5.41, 5.74) is 6.03. The number of nitro groups is 1. The maximum Gasteiger partial charge on any atom is 0.294 e. The van der Waals surface area contributed by atoms with Crippen molar-refractivity contribution in [2.75, 3.05) is 24.2 Å². The average molecular weight is 296 g/mol. The summed E-state index contributed by atoms with van der Waals surface area (Å²) in [6.07, 6.45) is 2.26. The third kappa shape index (κ3) is 3.78. The summed E-state index contributed by atoms with van der Waals surface area (Å²) in [7, 11) is 0. The summed E-state index contributed by atoms with van der Waals surface area (Å²) >= 11 is 5.13. The number of nitrogens with two attached hydrogens (primary N) is 1. The molecule has 1 aromatic carbocycles. The van der Waals surface area contributed by atoms with E-state index >= 15 is 0 Å². The molecule has 108 valence electrons. The van der Waals surface area contributed by atoms with E-state index in [1.165, 1.54) is 12.1 Å². The van der Waals surface area contributed by atoms with Crippen molar-refractivity contribution in [2.24, 2.45) is 0 Å². The Hall–Kier alpha value is -1.93. The highest BCUT2D eigenvalue weighted by Crippen LogP contribution is 2.24. The monoisotopic (exact) mass is 296 g/mol. The summed E-state index contributed by atoms with van der Waals surface area (Å²) in [4.78, 5) is 10.3. The van der Waals surface area contributed by atoms with Crippen LogP contribution in [0.2, 0.25) is 0 Å². The topological polar surface area (TPSA) is 102 Å². The zero-order chi connectivity index (χ0) is 14.5. The quantitative estimate of drug-likeness (QED) is 0.336. The first-order valence-corrected chi connectivity index (χ1v) is 6.67. The van der Waals surface area contributed by atoms with Crippen molar-refractivity contribution >= 4 is 34.4 Å². The van der Waals surface area contributed by atoms with Crippen LogP contribution >= 0.6 is 12.2 Å². The van der Waals surface area contributed by atoms with Gasteiger partial charge in [-0.15, -0.1) is 0 Å². The highest BCUT2D eigenvalue weighted by atomic mass is 32.1. The number of hydrogen-bond acceptors (Lipinski definition) is 5. The van der Waals surface area contributed by atoms with Gasteiger partial charge in [-0.3, -0.25) is 10.1 Å². The van der Waals surface area contributed by atoms with Gasteiger partial charge in [-0.05, 0) is 37.2 Å². The van der Waals surface area contributed by atoms with Crippen molar-refractivity contribution in [3.63, 3.8) is 0 Å². The van der Waals surface area contributed by atoms with Crippen LogP contribution in [0, 0.1) is 10.1 Å². The first kappa shape index (κ1) is 14.5. The van der Waals surface area contributed by atoms with Crippen LogP contribution in [0.1, 0.15) is 12.8 Å². The number of benzene rings is 1. The smallest absolute Gasteiger partial charge is 0.294 e. The third-order valence-corrected chi connectivity index (χ3v) is 3.25. The van der Waals surface area contributed by atoms with Crippen molar-refractivity contribution in [2.45, 2.75) is 18.9 Å². The molecule has 1 atom stereocenters. The van der Waals surface area contributed by atoms with Crippen LogP contribution in [-0.2, 0) is 4.74 Å². The van der Waals surface area contributed by atoms with E-state index in [1.54, 1.807) is 6.07 Å². The number of anilines is 2. The minimum absolute atomic E-state index is 0.124. The second-order valence-electron chi connectivity index (χ2n) is 4.50. The number of thiocarbonyl (C=S) groups is 1. The Morgan fingerprint density at radius 1 is 1.60 bits per heavy atom. The third-order valence-electron chi connectivity index (χ3n) is 3.00. The molecule has 0 saturated carbocycles. The van der Waals surface area contributed by atoms with Crippen LogP contribution in [-0.4, -0.2) is 29.3 Å². The van der Waals surface area contributed by atoms with Crippen LogP contribution in [0.25, 0.3) is 0 Å². The second-order valence-corrected chi connectivity index (χ2v) is 4.91. The molecule has 20 heavy (non-hydrogen) atoms. The van der Waals surface area contributed by atoms with Crippen LogP contribution in [0.3, 0.4) is 0 Å². The van der Waals surface area contributed by atoms with Gasteiger partial charge in [-0.2, -0.15) is 0 Å². The van der Waals surface area contributed by atoms with E-state index < -0.39 is 4.92 Å². The van der Waals surface area contributed by atoms with Crippen molar-refractivity contribution in [3.8, 4) is 0 Å². The van der Waals surface area contributed by atoms with Gasteiger partial charge < -0.3 is 21.1 Å². The van der Waals surface area contributed by atoms with Crippen LogP contribution in [0.15, 0.2) is 18.2 Å². The largest absolute Gasteiger partial charge is 0.393 e. The Bertz CT molecular complexity index is 517. The van der Waals surface area contributed by atoms with Gasteiger partial charge >= 0.3 is 0 Å². The minimum atomic E-state index is -0.524. The molecule has 0 radical (unpaired) electrons. The van der Waals surface area contributed by atoms with Gasteiger partial charge in [0.2, 0.25) is 0 Å². The van der Waals surface area contributed by atoms with E-state index in [4.69, 9.17) is 22.7 Å². The van der Waals surface area contributed by atoms with E-state index in [9.17, 15) is 10.1 Å². The molecule has 1 aliphatic rings. The highest BCUT2D eigenvalue weighted by molar-refractivity contribution is 7.80. The Balaban J connectivity index is 1.90. The van der Waals surface area contributed by atoms with Crippen LogP contribution < -0.4 is 16.4 Å². The molecule has 8 heteroatoms. The van der Waals surface area contributed by atoms with E-state index in [0.29, 0.717) is 17.3 Å². The van der Waals surface area contributed by atoms with Crippen molar-refractivity contribution in [1.29, 1.82) is 0 Å². The van der Waals surface area contributed by atoms with E-state index in [0.717, 1.165) is 19.4 Å². The predicted octanol–water partition coefficient (Wildman–Crippen LogP) is 1.64.